The van der Waals surface area contributed by atoms with Crippen LogP contribution < -0.4 is 0 Å². The zero-order chi connectivity index (χ0) is 56.5. The van der Waals surface area contributed by atoms with E-state index >= 15 is 0 Å². The molecular formula is C55H78O17P2. The summed E-state index contributed by atoms with van der Waals surface area (Å²) in [5.41, 5.74) is 6.63. The number of allylic oxidation sites excluding steroid dienone is 21. The van der Waals surface area contributed by atoms with Crippen molar-refractivity contribution in [3.8, 4) is 0 Å². The molecule has 0 radical (unpaired) electrons. The Morgan fingerprint density at radius 1 is 0.703 bits per heavy atom. The topological polar surface area (TPSA) is 254 Å². The Labute approximate surface area is 439 Å². The molecule has 1 aliphatic heterocycles. The summed E-state index contributed by atoms with van der Waals surface area (Å²) in [6, 6.07) is 0. The number of esters is 2. The second-order valence-electron chi connectivity index (χ2n) is 18.3. The highest BCUT2D eigenvalue weighted by Crippen LogP contribution is 2.48. The van der Waals surface area contributed by atoms with Crippen molar-refractivity contribution in [2.45, 2.75) is 121 Å². The van der Waals surface area contributed by atoms with E-state index in [1.54, 1.807) is 13.8 Å². The number of ketones is 2. The normalized spacial score (nSPS) is 22.2. The molecule has 0 fully saturated rings. The first-order valence-corrected chi connectivity index (χ1v) is 25.9. The van der Waals surface area contributed by atoms with Crippen LogP contribution in [0.4, 0.5) is 0 Å². The lowest BCUT2D eigenvalue weighted by Gasteiger charge is -2.37. The lowest BCUT2D eigenvalue weighted by molar-refractivity contribution is -0.143. The number of cyclic esters (lactones) is 1. The second kappa shape index (κ2) is 32.9. The molecule has 3 rings (SSSR count). The number of aliphatic hydroxyl groups excluding tert-OH is 5. The van der Waals surface area contributed by atoms with Crippen molar-refractivity contribution in [3.63, 3.8) is 0 Å². The molecule has 19 heteroatoms. The Morgan fingerprint density at radius 3 is 1.51 bits per heavy atom. The quantitative estimate of drug-likeness (QED) is 0.0194. The van der Waals surface area contributed by atoms with E-state index in [-0.39, 0.29) is 35.4 Å². The van der Waals surface area contributed by atoms with Gasteiger partial charge in [-0.25, -0.2) is 9.59 Å². The van der Waals surface area contributed by atoms with Gasteiger partial charge in [0.1, 0.15) is 18.0 Å². The molecule has 3 aliphatic rings. The molecule has 0 amide bonds. The maximum atomic E-state index is 13.4. The van der Waals surface area contributed by atoms with E-state index in [4.69, 9.17) is 42.7 Å². The molecule has 0 saturated heterocycles. The molecule has 5 unspecified atom stereocenters. The standard InChI is InChI=1S/C49H66O12P2.C5H8O4.CH4O/c1-13-57-62(55)60-41-30-48(8,9)38(36(6)43(41)50)26-24-34(4)22-16-20-32(2)18-14-15-19-33(3)21-17-23-35(5)25-27-39-37(7)44(51)42(31-49(39,10)11)61-63(56-12)58-29-28-40-45(52)46(53)47(54)59-40;1-3(6)4(7)5(8)9-2;1-2/h14-27,40-42,52-53,55H,13,28-31H2,1-12H3;6-7H,1-2H3;2H,1H3/b15-14+,20-16+,21-17+,26-24+,27-25+,32-18+,33-19+,34-22+,35-23+;4-3-;. The molecule has 0 aromatic rings. The number of aliphatic hydroxyl groups is 5. The van der Waals surface area contributed by atoms with Crippen LogP contribution in [0.1, 0.15) is 102 Å². The van der Waals surface area contributed by atoms with Crippen molar-refractivity contribution in [2.24, 2.45) is 10.8 Å². The highest BCUT2D eigenvalue weighted by molar-refractivity contribution is 7.41. The highest BCUT2D eigenvalue weighted by atomic mass is 31.2. The van der Waals surface area contributed by atoms with Gasteiger partial charge in [-0.05, 0) is 101 Å². The number of Topliss-reactive ketones (excluding diaryl/α,β-unsaturated/α-hetero) is 2. The van der Waals surface area contributed by atoms with Crippen LogP contribution in [0.2, 0.25) is 0 Å². The third-order valence-electron chi connectivity index (χ3n) is 11.4. The van der Waals surface area contributed by atoms with Gasteiger partial charge in [0, 0.05) is 20.6 Å². The fourth-order valence-electron chi connectivity index (χ4n) is 7.39. The van der Waals surface area contributed by atoms with Crippen LogP contribution >= 0.6 is 17.2 Å². The van der Waals surface area contributed by atoms with Crippen LogP contribution in [0.25, 0.3) is 0 Å². The van der Waals surface area contributed by atoms with Gasteiger partial charge in [-0.15, -0.1) is 0 Å². The number of hydrogen-bond acceptors (Lipinski definition) is 17. The summed E-state index contributed by atoms with van der Waals surface area (Å²) < 4.78 is 36.6. The number of methoxy groups -OCH3 is 1. The average molecular weight is 1070 g/mol. The Morgan fingerprint density at radius 2 is 1.14 bits per heavy atom. The molecule has 0 aromatic heterocycles. The number of carbonyl (C=O) groups excluding carboxylic acids is 4. The van der Waals surface area contributed by atoms with Crippen molar-refractivity contribution in [1.82, 2.24) is 0 Å². The summed E-state index contributed by atoms with van der Waals surface area (Å²) in [6.45, 7) is 23.2. The van der Waals surface area contributed by atoms with Crippen molar-refractivity contribution in [3.05, 3.63) is 153 Å². The van der Waals surface area contributed by atoms with Gasteiger partial charge in [-0.2, -0.15) is 0 Å². The zero-order valence-electron chi connectivity index (χ0n) is 45.4. The Hall–Kier alpha value is -5.32. The minimum Gasteiger partial charge on any atom is -0.508 e. The van der Waals surface area contributed by atoms with Gasteiger partial charge in [0.2, 0.25) is 11.5 Å². The Kier molecular flexibility index (Phi) is 29.6. The first kappa shape index (κ1) is 66.7. The summed E-state index contributed by atoms with van der Waals surface area (Å²) in [5, 5.41) is 43.3. The molecule has 5 atom stereocenters. The van der Waals surface area contributed by atoms with E-state index in [1.807, 2.05) is 120 Å². The fraction of sp³-hybridized carbons (Fsp3) is 0.455. The predicted molar refractivity (Wildman–Crippen MR) is 288 cm³/mol. The van der Waals surface area contributed by atoms with Crippen molar-refractivity contribution in [2.75, 3.05) is 34.5 Å². The number of hydrogen-bond donors (Lipinski definition) is 6. The molecular weight excluding hydrogens is 995 g/mol. The molecule has 74 heavy (non-hydrogen) atoms. The molecule has 6 N–H and O–H groups in total. The predicted octanol–water partition coefficient (Wildman–Crippen LogP) is 11.9. The van der Waals surface area contributed by atoms with E-state index in [1.165, 1.54) is 14.0 Å². The molecule has 410 valence electrons. The molecule has 1 heterocycles. The van der Waals surface area contributed by atoms with Crippen molar-refractivity contribution in [1.29, 1.82) is 0 Å². The van der Waals surface area contributed by atoms with E-state index < -0.39 is 70.5 Å². The Balaban J connectivity index is 0.00000224. The van der Waals surface area contributed by atoms with Gasteiger partial charge >= 0.3 is 29.1 Å². The van der Waals surface area contributed by atoms with E-state index in [0.717, 1.165) is 47.7 Å². The van der Waals surface area contributed by atoms with E-state index in [9.17, 15) is 34.3 Å². The van der Waals surface area contributed by atoms with Gasteiger partial charge < -0.3 is 62.5 Å². The maximum absolute atomic E-state index is 13.4. The summed E-state index contributed by atoms with van der Waals surface area (Å²) >= 11 is 0. The molecule has 0 spiro atoms. The van der Waals surface area contributed by atoms with Crippen molar-refractivity contribution >= 4 is 40.7 Å². The lowest BCUT2D eigenvalue weighted by atomic mass is 9.71. The molecule has 0 bridgehead atoms. The molecule has 17 nitrogen and oxygen atoms in total. The Bertz CT molecular complexity index is 2380. The number of ether oxygens (including phenoxy) is 2. The van der Waals surface area contributed by atoms with Gasteiger partial charge in [-0.1, -0.05) is 135 Å². The van der Waals surface area contributed by atoms with Crippen LogP contribution in [0.15, 0.2) is 153 Å². The third kappa shape index (κ3) is 21.9. The van der Waals surface area contributed by atoms with Gasteiger partial charge in [0.05, 0.1) is 20.3 Å². The van der Waals surface area contributed by atoms with Crippen LogP contribution in [0, 0.1) is 10.8 Å². The summed E-state index contributed by atoms with van der Waals surface area (Å²) in [7, 11) is -0.466. The fourth-order valence-corrected chi connectivity index (χ4v) is 8.94. The number of rotatable bonds is 22. The largest absolute Gasteiger partial charge is 0.508 e. The van der Waals surface area contributed by atoms with Crippen molar-refractivity contribution < 1.29 is 81.7 Å². The monoisotopic (exact) mass is 1070 g/mol. The average Bonchev–Trinajstić information content (AvgIpc) is 3.58. The van der Waals surface area contributed by atoms with E-state index in [0.29, 0.717) is 30.6 Å². The van der Waals surface area contributed by atoms with E-state index in [2.05, 4.69) is 32.4 Å². The smallest absolute Gasteiger partial charge is 0.377 e. The first-order valence-electron chi connectivity index (χ1n) is 23.7. The van der Waals surface area contributed by atoms with Gasteiger partial charge in [-0.3, -0.25) is 9.59 Å². The lowest BCUT2D eigenvalue weighted by Crippen LogP contribution is -2.37. The molecule has 2 aliphatic carbocycles. The van der Waals surface area contributed by atoms with Crippen LogP contribution in [0.3, 0.4) is 0 Å². The highest BCUT2D eigenvalue weighted by Gasteiger charge is 2.42. The summed E-state index contributed by atoms with van der Waals surface area (Å²) in [5.74, 6) is -4.74. The minimum absolute atomic E-state index is 0.00291. The summed E-state index contributed by atoms with van der Waals surface area (Å²) in [4.78, 5) is 58.1. The van der Waals surface area contributed by atoms with Crippen LogP contribution in [-0.4, -0.2) is 107 Å². The second-order valence-corrected chi connectivity index (χ2v) is 20.5. The van der Waals surface area contributed by atoms with Crippen LogP contribution in [0.5, 0.6) is 0 Å². The van der Waals surface area contributed by atoms with Crippen LogP contribution in [-0.2, 0) is 51.3 Å². The molecule has 0 aromatic carbocycles. The first-order chi connectivity index (χ1) is 34.7. The maximum Gasteiger partial charge on any atom is 0.377 e. The SMILES string of the molecule is CCOP(O)OC1CC(C)(C)C(/C=C/C(C)=C/C=C/C(C)=C/C=C/C=C(C)/C=C/C=C(C)/C=C/C2=C(C)C(=O)C(OP(OC)OCCC3OC(=O)C(O)=C3O)CC2(C)C)=C(C)C1=O.CO.COC(=O)/C(O)=C(\C)O. The summed E-state index contributed by atoms with van der Waals surface area (Å²) in [6.07, 6.45) is 26.6. The molecule has 0 saturated carbocycles. The van der Waals surface area contributed by atoms with Gasteiger partial charge in [0.25, 0.3) is 0 Å². The number of carbonyl (C=O) groups is 4. The third-order valence-corrected chi connectivity index (χ3v) is 13.4. The zero-order valence-corrected chi connectivity index (χ0v) is 47.2. The minimum atomic E-state index is -2.08. The van der Waals surface area contributed by atoms with Gasteiger partial charge in [0.15, 0.2) is 23.4 Å².